The molecule has 5 heteroatoms. The molecular weight excluding hydrogens is 288 g/mol. The lowest BCUT2D eigenvalue weighted by molar-refractivity contribution is -0.131. The summed E-state index contributed by atoms with van der Waals surface area (Å²) in [5, 5.41) is 0. The van der Waals surface area contributed by atoms with Crippen LogP contribution in [0.4, 0.5) is 11.5 Å². The Morgan fingerprint density at radius 3 is 2.43 bits per heavy atom. The van der Waals surface area contributed by atoms with E-state index < -0.39 is 0 Å². The smallest absolute Gasteiger partial charge is 0.223 e. The molecule has 2 aromatic rings. The van der Waals surface area contributed by atoms with Crippen LogP contribution in [0.15, 0.2) is 48.7 Å². The van der Waals surface area contributed by atoms with Crippen molar-refractivity contribution in [1.82, 2.24) is 9.88 Å². The fourth-order valence-electron chi connectivity index (χ4n) is 2.82. The first kappa shape index (κ1) is 15.3. The molecule has 23 heavy (non-hydrogen) atoms. The summed E-state index contributed by atoms with van der Waals surface area (Å²) in [6.45, 7) is 3.20. The van der Waals surface area contributed by atoms with Gasteiger partial charge in [0.05, 0.1) is 0 Å². The van der Waals surface area contributed by atoms with Crippen molar-refractivity contribution in [2.75, 3.05) is 36.8 Å². The average Bonchev–Trinajstić information content (AvgIpc) is 2.62. The van der Waals surface area contributed by atoms with Gasteiger partial charge in [-0.2, -0.15) is 0 Å². The Hall–Kier alpha value is -2.56. The largest absolute Gasteiger partial charge is 0.399 e. The van der Waals surface area contributed by atoms with Crippen molar-refractivity contribution in [1.29, 1.82) is 0 Å². The molecule has 0 unspecified atom stereocenters. The number of aromatic nitrogens is 1. The van der Waals surface area contributed by atoms with Gasteiger partial charge in [-0.25, -0.2) is 4.98 Å². The Balaban J connectivity index is 1.47. The van der Waals surface area contributed by atoms with E-state index in [1.165, 1.54) is 0 Å². The molecule has 1 amide bonds. The van der Waals surface area contributed by atoms with E-state index in [9.17, 15) is 4.79 Å². The number of amides is 1. The van der Waals surface area contributed by atoms with Gasteiger partial charge in [-0.3, -0.25) is 4.79 Å². The Bertz CT molecular complexity index is 634. The summed E-state index contributed by atoms with van der Waals surface area (Å²) in [6, 6.07) is 13.7. The molecule has 2 heterocycles. The van der Waals surface area contributed by atoms with E-state index in [0.29, 0.717) is 6.42 Å². The number of carbonyl (C=O) groups is 1. The number of pyridine rings is 1. The van der Waals surface area contributed by atoms with Crippen molar-refractivity contribution in [2.45, 2.75) is 12.8 Å². The van der Waals surface area contributed by atoms with Crippen LogP contribution >= 0.6 is 0 Å². The number of nitrogen functional groups attached to an aromatic ring is 1. The number of carbonyl (C=O) groups excluding carboxylic acids is 1. The molecule has 5 nitrogen and oxygen atoms in total. The maximum absolute atomic E-state index is 12.3. The highest BCUT2D eigenvalue weighted by atomic mass is 16.2. The number of aryl methyl sites for hydroxylation is 1. The third kappa shape index (κ3) is 4.00. The Kier molecular flexibility index (Phi) is 4.76. The first-order valence-corrected chi connectivity index (χ1v) is 8.00. The molecule has 120 valence electrons. The SMILES string of the molecule is Nc1ccc(CCC(=O)N2CCN(c3ccccn3)CC2)cc1. The highest BCUT2D eigenvalue weighted by molar-refractivity contribution is 5.76. The molecule has 0 bridgehead atoms. The standard InChI is InChI=1S/C18H22N4O/c19-16-7-4-15(5-8-16)6-9-18(23)22-13-11-21(12-14-22)17-3-1-2-10-20-17/h1-5,7-8,10H,6,9,11-14,19H2. The van der Waals surface area contributed by atoms with Crippen molar-refractivity contribution in [2.24, 2.45) is 0 Å². The summed E-state index contributed by atoms with van der Waals surface area (Å²) in [6.07, 6.45) is 3.12. The van der Waals surface area contributed by atoms with Crippen LogP contribution in [0.25, 0.3) is 0 Å². The Morgan fingerprint density at radius 1 is 1.04 bits per heavy atom. The predicted molar refractivity (Wildman–Crippen MR) is 92.2 cm³/mol. The van der Waals surface area contributed by atoms with E-state index in [-0.39, 0.29) is 5.91 Å². The molecule has 1 aromatic heterocycles. The Labute approximate surface area is 136 Å². The fourth-order valence-corrected chi connectivity index (χ4v) is 2.82. The van der Waals surface area contributed by atoms with Crippen LogP contribution in [-0.4, -0.2) is 42.0 Å². The van der Waals surface area contributed by atoms with E-state index in [0.717, 1.165) is 49.7 Å². The molecule has 3 rings (SSSR count). The number of hydrogen-bond donors (Lipinski definition) is 1. The van der Waals surface area contributed by atoms with Crippen molar-refractivity contribution in [3.8, 4) is 0 Å². The third-order valence-corrected chi connectivity index (χ3v) is 4.21. The van der Waals surface area contributed by atoms with E-state index >= 15 is 0 Å². The molecule has 1 saturated heterocycles. The monoisotopic (exact) mass is 310 g/mol. The predicted octanol–water partition coefficient (Wildman–Crippen LogP) is 1.95. The van der Waals surface area contributed by atoms with Crippen LogP contribution in [0.2, 0.25) is 0 Å². The normalized spacial score (nSPS) is 14.8. The van der Waals surface area contributed by atoms with Gasteiger partial charge in [0.2, 0.25) is 5.91 Å². The number of piperazine rings is 1. The third-order valence-electron chi connectivity index (χ3n) is 4.21. The summed E-state index contributed by atoms with van der Waals surface area (Å²) >= 11 is 0. The van der Waals surface area contributed by atoms with Crippen LogP contribution in [0.5, 0.6) is 0 Å². The second kappa shape index (κ2) is 7.13. The number of benzene rings is 1. The summed E-state index contributed by atoms with van der Waals surface area (Å²) in [7, 11) is 0. The molecule has 1 aromatic carbocycles. The zero-order valence-corrected chi connectivity index (χ0v) is 13.2. The number of nitrogens with two attached hydrogens (primary N) is 1. The maximum atomic E-state index is 12.3. The van der Waals surface area contributed by atoms with E-state index in [1.54, 1.807) is 6.20 Å². The van der Waals surface area contributed by atoms with Crippen molar-refractivity contribution < 1.29 is 4.79 Å². The van der Waals surface area contributed by atoms with Crippen molar-refractivity contribution in [3.63, 3.8) is 0 Å². The number of nitrogens with zero attached hydrogens (tertiary/aromatic N) is 3. The topological polar surface area (TPSA) is 62.5 Å². The minimum atomic E-state index is 0.225. The van der Waals surface area contributed by atoms with Crippen LogP contribution < -0.4 is 10.6 Å². The first-order valence-electron chi connectivity index (χ1n) is 8.00. The zero-order chi connectivity index (χ0) is 16.1. The molecule has 1 aliphatic rings. The van der Waals surface area contributed by atoms with Gasteiger partial charge in [0.25, 0.3) is 0 Å². The van der Waals surface area contributed by atoms with Gasteiger partial charge in [-0.15, -0.1) is 0 Å². The number of rotatable bonds is 4. The Morgan fingerprint density at radius 2 is 1.78 bits per heavy atom. The lowest BCUT2D eigenvalue weighted by Crippen LogP contribution is -2.49. The summed E-state index contributed by atoms with van der Waals surface area (Å²) in [5.41, 5.74) is 7.58. The number of hydrogen-bond acceptors (Lipinski definition) is 4. The highest BCUT2D eigenvalue weighted by Crippen LogP contribution is 2.14. The molecule has 1 fully saturated rings. The minimum absolute atomic E-state index is 0.225. The van der Waals surface area contributed by atoms with E-state index in [4.69, 9.17) is 5.73 Å². The van der Waals surface area contributed by atoms with Gasteiger partial charge in [0.1, 0.15) is 5.82 Å². The average molecular weight is 310 g/mol. The zero-order valence-electron chi connectivity index (χ0n) is 13.2. The molecule has 0 atom stereocenters. The van der Waals surface area contributed by atoms with Gasteiger partial charge in [-0.1, -0.05) is 18.2 Å². The molecule has 0 aliphatic carbocycles. The summed E-state index contributed by atoms with van der Waals surface area (Å²) in [5.74, 6) is 1.21. The first-order chi connectivity index (χ1) is 11.2. The number of anilines is 2. The minimum Gasteiger partial charge on any atom is -0.399 e. The van der Waals surface area contributed by atoms with Gasteiger partial charge in [-0.05, 0) is 36.2 Å². The lowest BCUT2D eigenvalue weighted by atomic mass is 10.1. The molecule has 1 aliphatic heterocycles. The summed E-state index contributed by atoms with van der Waals surface area (Å²) in [4.78, 5) is 20.9. The van der Waals surface area contributed by atoms with Gasteiger partial charge in [0, 0.05) is 44.5 Å². The second-order valence-corrected chi connectivity index (χ2v) is 5.80. The second-order valence-electron chi connectivity index (χ2n) is 5.80. The lowest BCUT2D eigenvalue weighted by Gasteiger charge is -2.35. The molecule has 0 saturated carbocycles. The summed E-state index contributed by atoms with van der Waals surface area (Å²) < 4.78 is 0. The van der Waals surface area contributed by atoms with Crippen molar-refractivity contribution in [3.05, 3.63) is 54.2 Å². The van der Waals surface area contributed by atoms with E-state index in [2.05, 4.69) is 9.88 Å². The van der Waals surface area contributed by atoms with Gasteiger partial charge < -0.3 is 15.5 Å². The molecular formula is C18H22N4O. The molecule has 0 radical (unpaired) electrons. The van der Waals surface area contributed by atoms with Crippen LogP contribution in [0.1, 0.15) is 12.0 Å². The van der Waals surface area contributed by atoms with Crippen LogP contribution in [-0.2, 0) is 11.2 Å². The molecule has 0 spiro atoms. The fraction of sp³-hybridized carbons (Fsp3) is 0.333. The highest BCUT2D eigenvalue weighted by Gasteiger charge is 2.21. The maximum Gasteiger partial charge on any atom is 0.223 e. The van der Waals surface area contributed by atoms with Gasteiger partial charge in [0.15, 0.2) is 0 Å². The quantitative estimate of drug-likeness (QED) is 0.877. The van der Waals surface area contributed by atoms with Crippen LogP contribution in [0, 0.1) is 0 Å². The van der Waals surface area contributed by atoms with Crippen LogP contribution in [0.3, 0.4) is 0 Å². The van der Waals surface area contributed by atoms with Crippen molar-refractivity contribution >= 4 is 17.4 Å². The molecule has 2 N–H and O–H groups in total. The van der Waals surface area contributed by atoms with E-state index in [1.807, 2.05) is 47.4 Å². The van der Waals surface area contributed by atoms with Gasteiger partial charge >= 0.3 is 0 Å².